The highest BCUT2D eigenvalue weighted by atomic mass is 127. The van der Waals surface area contributed by atoms with Gasteiger partial charge in [-0.25, -0.2) is 4.98 Å². The van der Waals surface area contributed by atoms with Crippen LogP contribution in [0.2, 0.25) is 0 Å². The van der Waals surface area contributed by atoms with Crippen LogP contribution in [0.5, 0.6) is 0 Å². The molecular formula is C20H31IN4OS. The van der Waals surface area contributed by atoms with Crippen LogP contribution in [0.3, 0.4) is 0 Å². The molecule has 0 radical (unpaired) electrons. The maximum Gasteiger partial charge on any atom is 0.191 e. The molecule has 2 aromatic rings. The summed E-state index contributed by atoms with van der Waals surface area (Å²) < 4.78 is 5.69. The Bertz CT molecular complexity index is 703. The van der Waals surface area contributed by atoms with Gasteiger partial charge in [0.2, 0.25) is 0 Å². The van der Waals surface area contributed by atoms with Crippen LogP contribution >= 0.6 is 35.3 Å². The van der Waals surface area contributed by atoms with Gasteiger partial charge in [0.05, 0.1) is 18.8 Å². The van der Waals surface area contributed by atoms with E-state index in [1.165, 1.54) is 11.1 Å². The number of guanidine groups is 1. The van der Waals surface area contributed by atoms with E-state index in [1.54, 1.807) is 18.4 Å². The molecule has 0 aliphatic carbocycles. The van der Waals surface area contributed by atoms with Gasteiger partial charge in [-0.1, -0.05) is 45.0 Å². The molecule has 0 bridgehead atoms. The van der Waals surface area contributed by atoms with Crippen molar-refractivity contribution in [2.45, 2.75) is 52.8 Å². The zero-order valence-electron chi connectivity index (χ0n) is 16.6. The molecule has 0 fully saturated rings. The molecule has 0 saturated heterocycles. The maximum atomic E-state index is 5.69. The Morgan fingerprint density at radius 2 is 1.89 bits per heavy atom. The number of benzene rings is 1. The number of rotatable bonds is 9. The lowest BCUT2D eigenvalue weighted by atomic mass is 10.1. The first kappa shape index (κ1) is 23.8. The Hall–Kier alpha value is -1.19. The molecule has 7 heteroatoms. The van der Waals surface area contributed by atoms with E-state index in [0.717, 1.165) is 29.7 Å². The monoisotopic (exact) mass is 502 g/mol. The van der Waals surface area contributed by atoms with Crippen molar-refractivity contribution in [2.24, 2.45) is 4.99 Å². The molecule has 27 heavy (non-hydrogen) atoms. The third-order valence-electron chi connectivity index (χ3n) is 3.96. The molecule has 0 saturated carbocycles. The van der Waals surface area contributed by atoms with E-state index < -0.39 is 0 Å². The highest BCUT2D eigenvalue weighted by molar-refractivity contribution is 14.0. The van der Waals surface area contributed by atoms with Gasteiger partial charge in [0.15, 0.2) is 5.96 Å². The van der Waals surface area contributed by atoms with E-state index in [0.29, 0.717) is 25.6 Å². The van der Waals surface area contributed by atoms with E-state index >= 15 is 0 Å². The van der Waals surface area contributed by atoms with E-state index in [4.69, 9.17) is 4.74 Å². The molecule has 1 aromatic carbocycles. The SMILES string of the molecule is CCCOCc1ccccc1CNC(=NC)NCc1nc(C(C)C)cs1.I. The van der Waals surface area contributed by atoms with Gasteiger partial charge in [0, 0.05) is 25.6 Å². The van der Waals surface area contributed by atoms with Crippen LogP contribution < -0.4 is 10.6 Å². The lowest BCUT2D eigenvalue weighted by molar-refractivity contribution is 0.121. The van der Waals surface area contributed by atoms with Crippen LogP contribution in [0.25, 0.3) is 0 Å². The van der Waals surface area contributed by atoms with Crippen molar-refractivity contribution in [3.63, 3.8) is 0 Å². The van der Waals surface area contributed by atoms with Crippen molar-refractivity contribution >= 4 is 41.3 Å². The van der Waals surface area contributed by atoms with Crippen molar-refractivity contribution < 1.29 is 4.74 Å². The second kappa shape index (κ2) is 13.1. The summed E-state index contributed by atoms with van der Waals surface area (Å²) in [7, 11) is 1.78. The Balaban J connectivity index is 0.00000364. The number of nitrogens with zero attached hydrogens (tertiary/aromatic N) is 2. The molecule has 1 heterocycles. The van der Waals surface area contributed by atoms with Crippen molar-refractivity contribution in [3.05, 3.63) is 51.5 Å². The zero-order valence-corrected chi connectivity index (χ0v) is 19.8. The number of halogens is 1. The minimum absolute atomic E-state index is 0. The van der Waals surface area contributed by atoms with Crippen LogP contribution in [0.4, 0.5) is 0 Å². The largest absolute Gasteiger partial charge is 0.377 e. The number of aromatic nitrogens is 1. The van der Waals surface area contributed by atoms with Gasteiger partial charge < -0.3 is 15.4 Å². The van der Waals surface area contributed by atoms with Crippen molar-refractivity contribution in [1.29, 1.82) is 0 Å². The predicted octanol–water partition coefficient (Wildman–Crippen LogP) is 4.68. The first-order valence-electron chi connectivity index (χ1n) is 9.17. The number of hydrogen-bond donors (Lipinski definition) is 2. The van der Waals surface area contributed by atoms with Gasteiger partial charge in [-0.05, 0) is 23.5 Å². The van der Waals surface area contributed by atoms with Gasteiger partial charge in [-0.2, -0.15) is 0 Å². The normalized spacial score (nSPS) is 11.4. The van der Waals surface area contributed by atoms with Crippen molar-refractivity contribution in [3.8, 4) is 0 Å². The van der Waals surface area contributed by atoms with Crippen LogP contribution in [0.15, 0.2) is 34.6 Å². The number of aliphatic imine (C=N–C) groups is 1. The summed E-state index contributed by atoms with van der Waals surface area (Å²) in [6.07, 6.45) is 1.03. The molecule has 2 N–H and O–H groups in total. The minimum atomic E-state index is 0. The van der Waals surface area contributed by atoms with Gasteiger partial charge in [0.1, 0.15) is 5.01 Å². The topological polar surface area (TPSA) is 58.5 Å². The van der Waals surface area contributed by atoms with Crippen LogP contribution in [0.1, 0.15) is 54.9 Å². The third-order valence-corrected chi connectivity index (χ3v) is 4.83. The van der Waals surface area contributed by atoms with E-state index in [-0.39, 0.29) is 24.0 Å². The fourth-order valence-electron chi connectivity index (χ4n) is 2.43. The number of hydrogen-bond acceptors (Lipinski definition) is 4. The summed E-state index contributed by atoms with van der Waals surface area (Å²) in [5, 5.41) is 9.92. The molecular weight excluding hydrogens is 471 g/mol. The highest BCUT2D eigenvalue weighted by Gasteiger charge is 2.07. The summed E-state index contributed by atoms with van der Waals surface area (Å²) in [5.74, 6) is 1.24. The average Bonchev–Trinajstić information content (AvgIpc) is 3.12. The molecule has 2 rings (SSSR count). The lowest BCUT2D eigenvalue weighted by Crippen LogP contribution is -2.36. The van der Waals surface area contributed by atoms with Crippen LogP contribution in [0, 0.1) is 0 Å². The molecule has 1 aromatic heterocycles. The molecule has 0 atom stereocenters. The minimum Gasteiger partial charge on any atom is -0.377 e. The van der Waals surface area contributed by atoms with E-state index in [2.05, 4.69) is 71.0 Å². The number of thiazole rings is 1. The highest BCUT2D eigenvalue weighted by Crippen LogP contribution is 2.17. The number of nitrogens with one attached hydrogen (secondary N) is 2. The van der Waals surface area contributed by atoms with Gasteiger partial charge in [-0.15, -0.1) is 35.3 Å². The second-order valence-corrected chi connectivity index (χ2v) is 7.36. The molecule has 0 spiro atoms. The first-order chi connectivity index (χ1) is 12.6. The zero-order chi connectivity index (χ0) is 18.8. The maximum absolute atomic E-state index is 5.69. The fraction of sp³-hybridized carbons (Fsp3) is 0.500. The lowest BCUT2D eigenvalue weighted by Gasteiger charge is -2.14. The summed E-state index contributed by atoms with van der Waals surface area (Å²) in [6, 6.07) is 8.35. The smallest absolute Gasteiger partial charge is 0.191 e. The Morgan fingerprint density at radius 3 is 2.52 bits per heavy atom. The van der Waals surface area contributed by atoms with Crippen LogP contribution in [-0.4, -0.2) is 24.6 Å². The quantitative estimate of drug-likeness (QED) is 0.226. The Morgan fingerprint density at radius 1 is 1.19 bits per heavy atom. The van der Waals surface area contributed by atoms with Gasteiger partial charge in [-0.3, -0.25) is 4.99 Å². The first-order valence-corrected chi connectivity index (χ1v) is 10.0. The molecule has 0 aliphatic heterocycles. The van der Waals surface area contributed by atoms with Gasteiger partial charge in [0.25, 0.3) is 0 Å². The van der Waals surface area contributed by atoms with Gasteiger partial charge >= 0.3 is 0 Å². The fourth-order valence-corrected chi connectivity index (χ4v) is 3.32. The average molecular weight is 502 g/mol. The Kier molecular flexibility index (Phi) is 11.5. The molecule has 0 amide bonds. The molecule has 150 valence electrons. The summed E-state index contributed by atoms with van der Waals surface area (Å²) in [6.45, 7) is 9.27. The summed E-state index contributed by atoms with van der Waals surface area (Å²) in [4.78, 5) is 8.95. The standard InChI is InChI=1S/C20H30N4OS.HI/c1-5-10-25-13-17-9-7-6-8-16(17)11-22-20(21-4)23-12-19-24-18(14-26-19)15(2)3;/h6-9,14-15H,5,10-13H2,1-4H3,(H2,21,22,23);1H. The van der Waals surface area contributed by atoms with Crippen molar-refractivity contribution in [2.75, 3.05) is 13.7 Å². The second-order valence-electron chi connectivity index (χ2n) is 6.42. The predicted molar refractivity (Wildman–Crippen MR) is 125 cm³/mol. The molecule has 5 nitrogen and oxygen atoms in total. The number of ether oxygens (including phenoxy) is 1. The molecule has 0 aliphatic rings. The third kappa shape index (κ3) is 8.15. The van der Waals surface area contributed by atoms with E-state index in [9.17, 15) is 0 Å². The van der Waals surface area contributed by atoms with E-state index in [1.807, 2.05) is 0 Å². The summed E-state index contributed by atoms with van der Waals surface area (Å²) in [5.41, 5.74) is 3.59. The van der Waals surface area contributed by atoms with Crippen LogP contribution in [-0.2, 0) is 24.4 Å². The summed E-state index contributed by atoms with van der Waals surface area (Å²) >= 11 is 1.69. The van der Waals surface area contributed by atoms with Crippen molar-refractivity contribution in [1.82, 2.24) is 15.6 Å². The Labute approximate surface area is 184 Å². The molecule has 0 unspecified atom stereocenters.